The Balaban J connectivity index is 2.01. The van der Waals surface area contributed by atoms with Gasteiger partial charge in [0.25, 0.3) is 0 Å². The van der Waals surface area contributed by atoms with Gasteiger partial charge in [-0.3, -0.25) is 0 Å². The highest BCUT2D eigenvalue weighted by Crippen LogP contribution is 2.11. The van der Waals surface area contributed by atoms with E-state index in [0.717, 1.165) is 13.1 Å². The third kappa shape index (κ3) is 1.76. The number of amides is 1. The van der Waals surface area contributed by atoms with Gasteiger partial charge >= 0.3 is 6.09 Å². The Hall–Kier alpha value is -0.810. The molecule has 2 heterocycles. The Labute approximate surface area is 77.3 Å². The monoisotopic (exact) mass is 185 g/mol. The standard InChI is InChI=1S/C8H15N3O2/c1-10-2-6-4-11(8(12)13)5-7(3-10)9-6/h6-7,9H,2-5H2,1H3,(H,12,13). The van der Waals surface area contributed by atoms with Crippen molar-refractivity contribution in [1.82, 2.24) is 15.1 Å². The molecule has 0 saturated carbocycles. The molecule has 13 heavy (non-hydrogen) atoms. The van der Waals surface area contributed by atoms with E-state index in [0.29, 0.717) is 25.2 Å². The van der Waals surface area contributed by atoms with E-state index < -0.39 is 6.09 Å². The molecule has 2 atom stereocenters. The molecule has 5 heteroatoms. The lowest BCUT2D eigenvalue weighted by molar-refractivity contribution is 0.0738. The first-order chi connectivity index (χ1) is 6.15. The first kappa shape index (κ1) is 8.77. The van der Waals surface area contributed by atoms with Crippen LogP contribution in [-0.2, 0) is 0 Å². The van der Waals surface area contributed by atoms with Crippen molar-refractivity contribution in [2.24, 2.45) is 0 Å². The van der Waals surface area contributed by atoms with Gasteiger partial charge in [0.15, 0.2) is 0 Å². The number of carbonyl (C=O) groups is 1. The molecular weight excluding hydrogens is 170 g/mol. The van der Waals surface area contributed by atoms with Crippen LogP contribution >= 0.6 is 0 Å². The minimum absolute atomic E-state index is 0.314. The van der Waals surface area contributed by atoms with Crippen LogP contribution in [0, 0.1) is 0 Å². The number of likely N-dealkylation sites (N-methyl/N-ethyl adjacent to an activating group) is 1. The van der Waals surface area contributed by atoms with E-state index in [2.05, 4.69) is 17.3 Å². The Kier molecular flexibility index (Phi) is 2.13. The summed E-state index contributed by atoms with van der Waals surface area (Å²) in [5.74, 6) is 0. The number of rotatable bonds is 0. The van der Waals surface area contributed by atoms with Crippen molar-refractivity contribution in [3.63, 3.8) is 0 Å². The summed E-state index contributed by atoms with van der Waals surface area (Å²) in [5, 5.41) is 12.3. The maximum absolute atomic E-state index is 10.8. The maximum atomic E-state index is 10.8. The molecule has 0 aromatic rings. The van der Waals surface area contributed by atoms with Gasteiger partial charge in [0.05, 0.1) is 0 Å². The van der Waals surface area contributed by atoms with Crippen LogP contribution in [0.3, 0.4) is 0 Å². The molecule has 0 spiro atoms. The molecule has 2 unspecified atom stereocenters. The average Bonchev–Trinajstić information content (AvgIpc) is 2.01. The summed E-state index contributed by atoms with van der Waals surface area (Å²) >= 11 is 0. The van der Waals surface area contributed by atoms with E-state index in [-0.39, 0.29) is 0 Å². The SMILES string of the molecule is CN1CC2CN(C(=O)O)CC(C1)N2. The Morgan fingerprint density at radius 1 is 1.31 bits per heavy atom. The fraction of sp³-hybridized carbons (Fsp3) is 0.875. The second kappa shape index (κ2) is 3.16. The summed E-state index contributed by atoms with van der Waals surface area (Å²) in [6.07, 6.45) is -0.791. The molecule has 1 amide bonds. The molecule has 2 aliphatic rings. The quantitative estimate of drug-likeness (QED) is 0.521. The summed E-state index contributed by atoms with van der Waals surface area (Å²) in [5.41, 5.74) is 0. The van der Waals surface area contributed by atoms with Gasteiger partial charge in [0.1, 0.15) is 0 Å². The number of piperazine rings is 2. The van der Waals surface area contributed by atoms with Crippen LogP contribution in [0.15, 0.2) is 0 Å². The van der Waals surface area contributed by atoms with E-state index >= 15 is 0 Å². The predicted molar refractivity (Wildman–Crippen MR) is 47.8 cm³/mol. The van der Waals surface area contributed by atoms with Gasteiger partial charge < -0.3 is 20.2 Å². The minimum Gasteiger partial charge on any atom is -0.465 e. The molecule has 2 rings (SSSR count). The van der Waals surface area contributed by atoms with Gasteiger partial charge in [-0.25, -0.2) is 4.79 Å². The van der Waals surface area contributed by atoms with Crippen molar-refractivity contribution in [3.05, 3.63) is 0 Å². The normalized spacial score (nSPS) is 34.7. The summed E-state index contributed by atoms with van der Waals surface area (Å²) in [6.45, 7) is 3.13. The molecule has 0 aromatic carbocycles. The lowest BCUT2D eigenvalue weighted by Gasteiger charge is -2.44. The third-order valence-corrected chi connectivity index (χ3v) is 2.69. The van der Waals surface area contributed by atoms with Crippen molar-refractivity contribution in [2.45, 2.75) is 12.1 Å². The van der Waals surface area contributed by atoms with Crippen LogP contribution in [0.4, 0.5) is 4.79 Å². The predicted octanol–water partition coefficient (Wildman–Crippen LogP) is -0.748. The Bertz CT molecular complexity index is 203. The molecule has 2 N–H and O–H groups in total. The highest BCUT2D eigenvalue weighted by Gasteiger charge is 2.33. The third-order valence-electron chi connectivity index (χ3n) is 2.69. The zero-order valence-electron chi connectivity index (χ0n) is 7.73. The van der Waals surface area contributed by atoms with Crippen LogP contribution in [-0.4, -0.2) is 66.3 Å². The van der Waals surface area contributed by atoms with Crippen molar-refractivity contribution in [1.29, 1.82) is 0 Å². The summed E-state index contributed by atoms with van der Waals surface area (Å²) in [4.78, 5) is 14.5. The highest BCUT2D eigenvalue weighted by atomic mass is 16.4. The number of carboxylic acid groups (broad SMARTS) is 1. The van der Waals surface area contributed by atoms with Crippen molar-refractivity contribution < 1.29 is 9.90 Å². The molecule has 2 bridgehead atoms. The Morgan fingerprint density at radius 3 is 2.31 bits per heavy atom. The first-order valence-corrected chi connectivity index (χ1v) is 4.57. The Morgan fingerprint density at radius 2 is 1.85 bits per heavy atom. The molecule has 0 radical (unpaired) electrons. The van der Waals surface area contributed by atoms with E-state index in [9.17, 15) is 4.79 Å². The van der Waals surface area contributed by atoms with Crippen molar-refractivity contribution in [3.8, 4) is 0 Å². The molecule has 0 aromatic heterocycles. The topological polar surface area (TPSA) is 55.8 Å². The summed E-state index contributed by atoms with van der Waals surface area (Å²) in [7, 11) is 2.08. The zero-order chi connectivity index (χ0) is 9.42. The molecule has 2 fully saturated rings. The second-order valence-electron chi connectivity index (χ2n) is 3.97. The number of fused-ring (bicyclic) bond motifs is 2. The van der Waals surface area contributed by atoms with Crippen LogP contribution in [0.25, 0.3) is 0 Å². The molecule has 2 saturated heterocycles. The second-order valence-corrected chi connectivity index (χ2v) is 3.97. The minimum atomic E-state index is -0.791. The van der Waals surface area contributed by atoms with Gasteiger partial charge in [-0.15, -0.1) is 0 Å². The van der Waals surface area contributed by atoms with Gasteiger partial charge in [-0.1, -0.05) is 0 Å². The maximum Gasteiger partial charge on any atom is 0.407 e. The number of hydrogen-bond acceptors (Lipinski definition) is 3. The van der Waals surface area contributed by atoms with Crippen LogP contribution in [0.5, 0.6) is 0 Å². The van der Waals surface area contributed by atoms with Crippen molar-refractivity contribution >= 4 is 6.09 Å². The van der Waals surface area contributed by atoms with Crippen LogP contribution in [0.2, 0.25) is 0 Å². The van der Waals surface area contributed by atoms with E-state index in [1.54, 1.807) is 0 Å². The smallest absolute Gasteiger partial charge is 0.407 e. The molecular formula is C8H15N3O2. The summed E-state index contributed by atoms with van der Waals surface area (Å²) < 4.78 is 0. The number of nitrogens with one attached hydrogen (secondary N) is 1. The van der Waals surface area contributed by atoms with Gasteiger partial charge in [0.2, 0.25) is 0 Å². The van der Waals surface area contributed by atoms with E-state index in [4.69, 9.17) is 5.11 Å². The molecule has 5 nitrogen and oxygen atoms in total. The summed E-state index contributed by atoms with van der Waals surface area (Å²) in [6, 6.07) is 0.627. The fourth-order valence-electron chi connectivity index (χ4n) is 2.25. The number of nitrogens with zero attached hydrogens (tertiary/aromatic N) is 2. The lowest BCUT2D eigenvalue weighted by atomic mass is 10.1. The first-order valence-electron chi connectivity index (χ1n) is 4.57. The number of hydrogen-bond donors (Lipinski definition) is 2. The van der Waals surface area contributed by atoms with E-state index in [1.165, 1.54) is 4.90 Å². The van der Waals surface area contributed by atoms with Crippen LogP contribution in [0.1, 0.15) is 0 Å². The van der Waals surface area contributed by atoms with Gasteiger partial charge in [0, 0.05) is 38.3 Å². The van der Waals surface area contributed by atoms with Gasteiger partial charge in [-0.05, 0) is 7.05 Å². The van der Waals surface area contributed by atoms with Gasteiger partial charge in [-0.2, -0.15) is 0 Å². The molecule has 2 aliphatic heterocycles. The zero-order valence-corrected chi connectivity index (χ0v) is 7.73. The van der Waals surface area contributed by atoms with Crippen LogP contribution < -0.4 is 5.32 Å². The fourth-order valence-corrected chi connectivity index (χ4v) is 2.25. The molecule has 74 valence electrons. The lowest BCUT2D eigenvalue weighted by Crippen LogP contribution is -2.66. The van der Waals surface area contributed by atoms with E-state index in [1.807, 2.05) is 0 Å². The average molecular weight is 185 g/mol. The molecule has 0 aliphatic carbocycles. The highest BCUT2D eigenvalue weighted by molar-refractivity contribution is 5.65. The van der Waals surface area contributed by atoms with Crippen molar-refractivity contribution in [2.75, 3.05) is 33.2 Å². The largest absolute Gasteiger partial charge is 0.465 e.